The van der Waals surface area contributed by atoms with Crippen LogP contribution < -0.4 is 4.72 Å². The first-order valence-corrected chi connectivity index (χ1v) is 8.92. The van der Waals surface area contributed by atoms with Gasteiger partial charge in [0.25, 0.3) is 15.8 Å². The van der Waals surface area contributed by atoms with Gasteiger partial charge in [0.1, 0.15) is 0 Å². The Kier molecular flexibility index (Phi) is 4.38. The number of alkyl halides is 3. The molecule has 142 valence electrons. The number of aromatic nitrogens is 4. The lowest BCUT2D eigenvalue weighted by Crippen LogP contribution is -2.32. The Bertz CT molecular complexity index is 1160. The number of aryl methyl sites for hydroxylation is 2. The molecule has 0 saturated carbocycles. The van der Waals surface area contributed by atoms with Crippen LogP contribution in [0, 0.1) is 13.8 Å². The van der Waals surface area contributed by atoms with Gasteiger partial charge in [0.2, 0.25) is 5.82 Å². The second kappa shape index (κ2) is 6.30. The highest BCUT2D eigenvalue weighted by Gasteiger charge is 2.37. The van der Waals surface area contributed by atoms with Crippen LogP contribution in [0.2, 0.25) is 0 Å². The zero-order chi connectivity index (χ0) is 20.0. The number of fused-ring (bicyclic) bond motifs is 1. The zero-order valence-corrected chi connectivity index (χ0v) is 14.8. The summed E-state index contributed by atoms with van der Waals surface area (Å²) in [6, 6.07) is 5.19. The number of nitrogens with one attached hydrogen (secondary N) is 1. The Morgan fingerprint density at radius 3 is 2.48 bits per heavy atom. The molecule has 0 bridgehead atoms. The summed E-state index contributed by atoms with van der Waals surface area (Å²) in [5.74, 6) is -1.75. The van der Waals surface area contributed by atoms with Gasteiger partial charge in [-0.15, -0.1) is 5.10 Å². The van der Waals surface area contributed by atoms with Gasteiger partial charge in [-0.25, -0.2) is 22.6 Å². The van der Waals surface area contributed by atoms with Gasteiger partial charge in [-0.3, -0.25) is 4.79 Å². The molecule has 0 radical (unpaired) electrons. The predicted octanol–water partition coefficient (Wildman–Crippen LogP) is 1.88. The fraction of sp³-hybridized carbons (Fsp3) is 0.200. The fourth-order valence-corrected chi connectivity index (χ4v) is 3.60. The zero-order valence-electron chi connectivity index (χ0n) is 13.9. The molecule has 12 heteroatoms. The quantitative estimate of drug-likeness (QED) is 0.721. The van der Waals surface area contributed by atoms with Crippen molar-refractivity contribution < 1.29 is 26.4 Å². The molecule has 0 aliphatic carbocycles. The maximum Gasteiger partial charge on any atom is 0.417 e. The van der Waals surface area contributed by atoms with Crippen LogP contribution in [-0.4, -0.2) is 33.9 Å². The molecule has 1 amide bonds. The average Bonchev–Trinajstić information content (AvgIpc) is 2.98. The third kappa shape index (κ3) is 3.60. The molecule has 1 N–H and O–H groups in total. The number of hydrogen-bond acceptors (Lipinski definition) is 6. The van der Waals surface area contributed by atoms with Gasteiger partial charge in [0, 0.05) is 11.4 Å². The van der Waals surface area contributed by atoms with Gasteiger partial charge in [-0.1, -0.05) is 12.1 Å². The lowest BCUT2D eigenvalue weighted by molar-refractivity contribution is -0.139. The maximum absolute atomic E-state index is 13.0. The van der Waals surface area contributed by atoms with Crippen LogP contribution >= 0.6 is 0 Å². The number of nitrogens with zero attached hydrogens (tertiary/aromatic N) is 4. The topological polar surface area (TPSA) is 106 Å². The minimum Gasteiger partial charge on any atom is -0.264 e. The number of carbonyl (C=O) groups is 1. The maximum atomic E-state index is 13.0. The summed E-state index contributed by atoms with van der Waals surface area (Å²) in [5.41, 5.74) is -0.193. The molecule has 3 aromatic rings. The van der Waals surface area contributed by atoms with Crippen molar-refractivity contribution in [2.75, 3.05) is 0 Å². The lowest BCUT2D eigenvalue weighted by Gasteiger charge is -2.12. The summed E-state index contributed by atoms with van der Waals surface area (Å²) >= 11 is 0. The highest BCUT2D eigenvalue weighted by molar-refractivity contribution is 7.90. The van der Waals surface area contributed by atoms with Crippen molar-refractivity contribution in [3.05, 3.63) is 53.1 Å². The largest absolute Gasteiger partial charge is 0.417 e. The Morgan fingerprint density at radius 2 is 1.81 bits per heavy atom. The van der Waals surface area contributed by atoms with Crippen molar-refractivity contribution in [2.45, 2.75) is 24.9 Å². The Labute approximate surface area is 151 Å². The summed E-state index contributed by atoms with van der Waals surface area (Å²) in [6.07, 6.45) is -4.91. The van der Waals surface area contributed by atoms with E-state index < -0.39 is 38.4 Å². The summed E-state index contributed by atoms with van der Waals surface area (Å²) in [4.78, 5) is 19.0. The molecular weight excluding hydrogens is 387 g/mol. The van der Waals surface area contributed by atoms with Crippen molar-refractivity contribution in [3.8, 4) is 0 Å². The Balaban J connectivity index is 1.98. The normalized spacial score (nSPS) is 12.3. The Morgan fingerprint density at radius 1 is 1.15 bits per heavy atom. The van der Waals surface area contributed by atoms with Crippen LogP contribution in [0.5, 0.6) is 0 Å². The van der Waals surface area contributed by atoms with Crippen LogP contribution in [0.25, 0.3) is 5.78 Å². The standard InChI is InChI=1S/C15H12F3N5O3S/c1-8-7-9(2)23-14(19-8)20-12(21-23)13(24)22-27(25,26)11-6-4-3-5-10(11)15(16,17)18/h3-7H,1-2H3,(H,22,24). The first-order valence-electron chi connectivity index (χ1n) is 7.43. The van der Waals surface area contributed by atoms with Crippen molar-refractivity contribution in [3.63, 3.8) is 0 Å². The van der Waals surface area contributed by atoms with E-state index in [1.807, 2.05) is 0 Å². The smallest absolute Gasteiger partial charge is 0.264 e. The number of carbonyl (C=O) groups excluding carboxylic acids is 1. The van der Waals surface area contributed by atoms with Crippen LogP contribution in [0.15, 0.2) is 35.2 Å². The summed E-state index contributed by atoms with van der Waals surface area (Å²) < 4.78 is 66.5. The molecule has 1 aromatic carbocycles. The molecule has 0 spiro atoms. The van der Waals surface area contributed by atoms with Gasteiger partial charge < -0.3 is 0 Å². The van der Waals surface area contributed by atoms with Crippen LogP contribution in [-0.2, 0) is 16.2 Å². The highest BCUT2D eigenvalue weighted by atomic mass is 32.2. The first kappa shape index (κ1) is 18.8. The van der Waals surface area contributed by atoms with Crippen LogP contribution in [0.3, 0.4) is 0 Å². The molecule has 0 saturated heterocycles. The molecule has 0 atom stereocenters. The third-order valence-electron chi connectivity index (χ3n) is 3.53. The minimum absolute atomic E-state index is 0.0609. The number of amides is 1. The van der Waals surface area contributed by atoms with Gasteiger partial charge in [-0.2, -0.15) is 18.2 Å². The highest BCUT2D eigenvalue weighted by Crippen LogP contribution is 2.33. The average molecular weight is 399 g/mol. The third-order valence-corrected chi connectivity index (χ3v) is 4.92. The molecule has 27 heavy (non-hydrogen) atoms. The van der Waals surface area contributed by atoms with Crippen LogP contribution in [0.1, 0.15) is 27.6 Å². The predicted molar refractivity (Wildman–Crippen MR) is 86.4 cm³/mol. The molecular formula is C15H12F3N5O3S. The minimum atomic E-state index is -4.91. The summed E-state index contributed by atoms with van der Waals surface area (Å²) in [7, 11) is -4.81. The number of hydrogen-bond donors (Lipinski definition) is 1. The monoisotopic (exact) mass is 399 g/mol. The van der Waals surface area contributed by atoms with E-state index in [-0.39, 0.29) is 5.78 Å². The van der Waals surface area contributed by atoms with Gasteiger partial charge in [0.15, 0.2) is 0 Å². The van der Waals surface area contributed by atoms with E-state index in [4.69, 9.17) is 0 Å². The molecule has 0 aliphatic heterocycles. The molecule has 0 fully saturated rings. The SMILES string of the molecule is Cc1cc(C)n2nc(C(=O)NS(=O)(=O)c3ccccc3C(F)(F)F)nc2n1. The van der Waals surface area contributed by atoms with E-state index in [9.17, 15) is 26.4 Å². The molecule has 2 heterocycles. The van der Waals surface area contributed by atoms with Crippen molar-refractivity contribution >= 4 is 21.7 Å². The Hall–Kier alpha value is -3.02. The summed E-state index contributed by atoms with van der Waals surface area (Å²) in [6.45, 7) is 3.37. The molecule has 0 unspecified atom stereocenters. The number of halogens is 3. The van der Waals surface area contributed by atoms with Gasteiger partial charge in [-0.05, 0) is 32.0 Å². The lowest BCUT2D eigenvalue weighted by atomic mass is 10.2. The summed E-state index contributed by atoms with van der Waals surface area (Å²) in [5, 5.41) is 3.85. The number of rotatable bonds is 3. The van der Waals surface area contributed by atoms with E-state index >= 15 is 0 Å². The van der Waals surface area contributed by atoms with E-state index in [0.29, 0.717) is 17.5 Å². The van der Waals surface area contributed by atoms with E-state index in [1.165, 1.54) is 4.52 Å². The molecule has 0 aliphatic rings. The number of sulfonamides is 1. The molecule has 2 aromatic heterocycles. The van der Waals surface area contributed by atoms with Crippen molar-refractivity contribution in [1.29, 1.82) is 0 Å². The van der Waals surface area contributed by atoms with E-state index in [1.54, 1.807) is 24.6 Å². The second-order valence-corrected chi connectivity index (χ2v) is 7.27. The van der Waals surface area contributed by atoms with Crippen molar-refractivity contribution in [1.82, 2.24) is 24.3 Å². The fourth-order valence-electron chi connectivity index (χ4n) is 2.42. The van der Waals surface area contributed by atoms with E-state index in [2.05, 4.69) is 15.1 Å². The molecule has 3 rings (SSSR count). The van der Waals surface area contributed by atoms with E-state index in [0.717, 1.165) is 18.2 Å². The van der Waals surface area contributed by atoms with Crippen LogP contribution in [0.4, 0.5) is 13.2 Å². The molecule has 8 nitrogen and oxygen atoms in total. The first-order chi connectivity index (χ1) is 12.5. The second-order valence-electron chi connectivity index (χ2n) is 5.61. The van der Waals surface area contributed by atoms with Gasteiger partial charge in [0.05, 0.1) is 10.5 Å². The van der Waals surface area contributed by atoms with Gasteiger partial charge >= 0.3 is 12.1 Å². The van der Waals surface area contributed by atoms with Crippen molar-refractivity contribution in [2.24, 2.45) is 0 Å². The number of benzene rings is 1.